The summed E-state index contributed by atoms with van der Waals surface area (Å²) in [5.41, 5.74) is 2.84. The van der Waals surface area contributed by atoms with Gasteiger partial charge < -0.3 is 4.90 Å². The Balaban J connectivity index is 2.00. The van der Waals surface area contributed by atoms with Crippen molar-refractivity contribution < 1.29 is 8.42 Å². The van der Waals surface area contributed by atoms with Gasteiger partial charge in [-0.1, -0.05) is 36.2 Å². The summed E-state index contributed by atoms with van der Waals surface area (Å²) in [4.78, 5) is 7.11. The third-order valence-corrected chi connectivity index (χ3v) is 7.65. The zero-order valence-electron chi connectivity index (χ0n) is 18.6. The van der Waals surface area contributed by atoms with E-state index < -0.39 is 9.84 Å². The Hall–Kier alpha value is -2.71. The Morgan fingerprint density at radius 2 is 1.84 bits per heavy atom. The molecule has 9 heteroatoms. The average Bonchev–Trinajstić information content (AvgIpc) is 3.20. The molecule has 0 fully saturated rings. The second-order valence-electron chi connectivity index (χ2n) is 7.91. The minimum absolute atomic E-state index is 0.148. The van der Waals surface area contributed by atoms with Crippen LogP contribution in [0.5, 0.6) is 0 Å². The molecule has 2 heterocycles. The predicted molar refractivity (Wildman–Crippen MR) is 127 cm³/mol. The van der Waals surface area contributed by atoms with Gasteiger partial charge in [-0.25, -0.2) is 13.4 Å². The first-order valence-corrected chi connectivity index (χ1v) is 12.6. The smallest absolute Gasteiger partial charge is 0.229 e. The maximum Gasteiger partial charge on any atom is 0.229 e. The number of hydrogen-bond acceptors (Lipinski definition) is 6. The van der Waals surface area contributed by atoms with E-state index in [4.69, 9.17) is 16.6 Å². The van der Waals surface area contributed by atoms with Gasteiger partial charge in [0.15, 0.2) is 5.65 Å². The van der Waals surface area contributed by atoms with Crippen LogP contribution in [0.3, 0.4) is 0 Å². The van der Waals surface area contributed by atoms with Crippen molar-refractivity contribution >= 4 is 43.8 Å². The van der Waals surface area contributed by atoms with Crippen LogP contribution in [0.25, 0.3) is 16.6 Å². The fourth-order valence-electron chi connectivity index (χ4n) is 3.72. The van der Waals surface area contributed by atoms with Crippen LogP contribution in [0.4, 0.5) is 5.82 Å². The number of sulfone groups is 1. The maximum absolute atomic E-state index is 13.5. The Labute approximate surface area is 192 Å². The first kappa shape index (κ1) is 22.5. The number of aromatic nitrogens is 4. The average molecular weight is 472 g/mol. The standard InChI is InChI=1S/C23H26ClN5O2S/c1-5-7-12-28(6-2)21-19-14-17(24)9-11-20(19)29-22(25-21)23(26-27-29)32(30,31)18-10-8-15(3)16(4)13-18/h8-11,13-14H,5-7,12H2,1-4H3. The molecule has 0 amide bonds. The van der Waals surface area contributed by atoms with E-state index in [0.717, 1.165) is 42.4 Å². The van der Waals surface area contributed by atoms with Gasteiger partial charge in [0.25, 0.3) is 0 Å². The largest absolute Gasteiger partial charge is 0.356 e. The number of benzene rings is 2. The van der Waals surface area contributed by atoms with E-state index in [1.807, 2.05) is 26.0 Å². The van der Waals surface area contributed by atoms with Gasteiger partial charge in [0.05, 0.1) is 10.4 Å². The van der Waals surface area contributed by atoms with Crippen molar-refractivity contribution in [3.05, 3.63) is 52.5 Å². The van der Waals surface area contributed by atoms with Crippen molar-refractivity contribution in [2.75, 3.05) is 18.0 Å². The van der Waals surface area contributed by atoms with Gasteiger partial charge in [0.2, 0.25) is 14.9 Å². The Morgan fingerprint density at radius 1 is 1.06 bits per heavy atom. The lowest BCUT2D eigenvalue weighted by Crippen LogP contribution is -2.25. The molecule has 0 aliphatic carbocycles. The molecular weight excluding hydrogens is 446 g/mol. The molecule has 0 aliphatic heterocycles. The van der Waals surface area contributed by atoms with Crippen LogP contribution in [0, 0.1) is 13.8 Å². The van der Waals surface area contributed by atoms with Gasteiger partial charge in [0.1, 0.15) is 5.82 Å². The molecule has 0 bridgehead atoms. The zero-order valence-corrected chi connectivity index (χ0v) is 20.2. The highest BCUT2D eigenvalue weighted by Gasteiger charge is 2.28. The Bertz CT molecular complexity index is 1420. The number of fused-ring (bicyclic) bond motifs is 3. The first-order valence-electron chi connectivity index (χ1n) is 10.7. The molecule has 0 radical (unpaired) electrons. The number of hydrogen-bond donors (Lipinski definition) is 0. The molecule has 0 saturated heterocycles. The van der Waals surface area contributed by atoms with Crippen molar-refractivity contribution in [2.45, 2.75) is 50.5 Å². The molecule has 2 aromatic carbocycles. The molecule has 32 heavy (non-hydrogen) atoms. The van der Waals surface area contributed by atoms with Crippen LogP contribution in [0.1, 0.15) is 37.8 Å². The van der Waals surface area contributed by atoms with E-state index in [1.54, 1.807) is 24.3 Å². The summed E-state index contributed by atoms with van der Waals surface area (Å²) >= 11 is 6.29. The lowest BCUT2D eigenvalue weighted by atomic mass is 10.1. The molecule has 0 saturated carbocycles. The van der Waals surface area contributed by atoms with Crippen molar-refractivity contribution in [3.63, 3.8) is 0 Å². The summed E-state index contributed by atoms with van der Waals surface area (Å²) in [7, 11) is -3.91. The lowest BCUT2D eigenvalue weighted by Gasteiger charge is -2.23. The SMILES string of the molecule is CCCCN(CC)c1nc2c(S(=O)(=O)c3ccc(C)c(C)c3)nnn2c2ccc(Cl)cc12. The van der Waals surface area contributed by atoms with Gasteiger partial charge >= 0.3 is 0 Å². The van der Waals surface area contributed by atoms with E-state index in [0.29, 0.717) is 16.4 Å². The van der Waals surface area contributed by atoms with Gasteiger partial charge in [-0.05, 0) is 68.7 Å². The van der Waals surface area contributed by atoms with Crippen molar-refractivity contribution in [1.82, 2.24) is 19.8 Å². The number of aryl methyl sites for hydroxylation is 2. The van der Waals surface area contributed by atoms with E-state index in [1.165, 1.54) is 4.52 Å². The zero-order chi connectivity index (χ0) is 23.0. The van der Waals surface area contributed by atoms with Crippen LogP contribution in [-0.4, -0.2) is 41.3 Å². The molecule has 0 N–H and O–H groups in total. The van der Waals surface area contributed by atoms with Crippen LogP contribution in [0.2, 0.25) is 5.02 Å². The minimum atomic E-state index is -3.91. The summed E-state index contributed by atoms with van der Waals surface area (Å²) in [6, 6.07) is 10.5. The summed E-state index contributed by atoms with van der Waals surface area (Å²) in [6.07, 6.45) is 2.03. The van der Waals surface area contributed by atoms with E-state index in [9.17, 15) is 8.42 Å². The molecule has 4 rings (SSSR count). The highest BCUT2D eigenvalue weighted by Crippen LogP contribution is 2.32. The third kappa shape index (κ3) is 3.82. The number of rotatable bonds is 7. The normalized spacial score (nSPS) is 12.0. The van der Waals surface area contributed by atoms with Crippen LogP contribution < -0.4 is 4.90 Å². The molecular formula is C23H26ClN5O2S. The molecule has 2 aromatic heterocycles. The van der Waals surface area contributed by atoms with E-state index in [2.05, 4.69) is 29.1 Å². The fraction of sp³-hybridized carbons (Fsp3) is 0.348. The topological polar surface area (TPSA) is 80.5 Å². The van der Waals surface area contributed by atoms with Gasteiger partial charge in [0, 0.05) is 23.5 Å². The van der Waals surface area contributed by atoms with E-state index in [-0.39, 0.29) is 15.6 Å². The van der Waals surface area contributed by atoms with Crippen molar-refractivity contribution in [3.8, 4) is 0 Å². The van der Waals surface area contributed by atoms with Crippen LogP contribution in [0.15, 0.2) is 46.3 Å². The quantitative estimate of drug-likeness (QED) is 0.377. The lowest BCUT2D eigenvalue weighted by molar-refractivity contribution is 0.592. The van der Waals surface area contributed by atoms with Crippen LogP contribution in [-0.2, 0) is 9.84 Å². The second-order valence-corrected chi connectivity index (χ2v) is 10.2. The van der Waals surface area contributed by atoms with Gasteiger partial charge in [-0.15, -0.1) is 5.10 Å². The molecule has 7 nitrogen and oxygen atoms in total. The molecule has 168 valence electrons. The molecule has 4 aromatic rings. The van der Waals surface area contributed by atoms with Gasteiger partial charge in [-0.3, -0.25) is 0 Å². The van der Waals surface area contributed by atoms with Gasteiger partial charge in [-0.2, -0.15) is 4.52 Å². The number of nitrogens with zero attached hydrogens (tertiary/aromatic N) is 5. The summed E-state index contributed by atoms with van der Waals surface area (Å²) in [5, 5.41) is 9.47. The summed E-state index contributed by atoms with van der Waals surface area (Å²) in [5.74, 6) is 0.685. The second kappa shape index (κ2) is 8.67. The molecule has 0 aliphatic rings. The molecule has 0 unspecified atom stereocenters. The third-order valence-electron chi connectivity index (χ3n) is 5.76. The number of halogens is 1. The molecule has 0 spiro atoms. The van der Waals surface area contributed by atoms with Crippen molar-refractivity contribution in [2.24, 2.45) is 0 Å². The van der Waals surface area contributed by atoms with Crippen LogP contribution >= 0.6 is 11.6 Å². The maximum atomic E-state index is 13.5. The molecule has 0 atom stereocenters. The number of unbranched alkanes of at least 4 members (excludes halogenated alkanes) is 1. The predicted octanol–water partition coefficient (Wildman–Crippen LogP) is 5.01. The fourth-order valence-corrected chi connectivity index (χ4v) is 5.21. The highest BCUT2D eigenvalue weighted by atomic mass is 35.5. The van der Waals surface area contributed by atoms with Crippen molar-refractivity contribution in [1.29, 1.82) is 0 Å². The first-order chi connectivity index (χ1) is 15.3. The Kier molecular flexibility index (Phi) is 6.09. The Morgan fingerprint density at radius 3 is 2.53 bits per heavy atom. The van der Waals surface area contributed by atoms with E-state index >= 15 is 0 Å². The monoisotopic (exact) mass is 471 g/mol. The minimum Gasteiger partial charge on any atom is -0.356 e. The highest BCUT2D eigenvalue weighted by molar-refractivity contribution is 7.91. The number of anilines is 1. The summed E-state index contributed by atoms with van der Waals surface area (Å²) < 4.78 is 28.5. The summed E-state index contributed by atoms with van der Waals surface area (Å²) in [6.45, 7) is 9.55.